The Morgan fingerprint density at radius 1 is 1.24 bits per heavy atom. The van der Waals surface area contributed by atoms with Gasteiger partial charge in [-0.05, 0) is 37.3 Å². The van der Waals surface area contributed by atoms with E-state index in [0.717, 1.165) is 31.4 Å². The molecular weight excluding hydrogens is 264 g/mol. The van der Waals surface area contributed by atoms with Crippen LogP contribution < -0.4 is 15.4 Å². The number of para-hydroxylation sites is 1. The lowest BCUT2D eigenvalue weighted by Crippen LogP contribution is -2.43. The second-order valence-electron chi connectivity index (χ2n) is 5.65. The van der Waals surface area contributed by atoms with Gasteiger partial charge in [0.25, 0.3) is 0 Å². The number of carbonyl (C=O) groups is 1. The Balaban J connectivity index is 1.63. The van der Waals surface area contributed by atoms with Gasteiger partial charge in [-0.15, -0.1) is 0 Å². The second-order valence-corrected chi connectivity index (χ2v) is 5.65. The monoisotopic (exact) mass is 290 g/mol. The van der Waals surface area contributed by atoms with Crippen molar-refractivity contribution in [2.24, 2.45) is 0 Å². The first-order valence-corrected chi connectivity index (χ1v) is 7.96. The summed E-state index contributed by atoms with van der Waals surface area (Å²) < 4.78 is 5.32. The second kappa shape index (κ2) is 8.55. The van der Waals surface area contributed by atoms with Crippen molar-refractivity contribution in [1.82, 2.24) is 10.6 Å². The highest BCUT2D eigenvalue weighted by Gasteiger charge is 2.15. The van der Waals surface area contributed by atoms with Crippen LogP contribution in [0.1, 0.15) is 44.1 Å². The Kier molecular flexibility index (Phi) is 6.38. The van der Waals surface area contributed by atoms with Crippen molar-refractivity contribution < 1.29 is 9.53 Å². The molecule has 0 saturated heterocycles. The number of carbonyl (C=O) groups excluding carboxylic acids is 1. The first-order chi connectivity index (χ1) is 10.3. The normalized spacial score (nSPS) is 15.5. The van der Waals surface area contributed by atoms with Crippen LogP contribution in [0, 0.1) is 0 Å². The molecule has 1 saturated carbocycles. The number of aryl methyl sites for hydroxylation is 1. The molecule has 116 valence electrons. The highest BCUT2D eigenvalue weighted by Crippen LogP contribution is 2.19. The molecule has 2 amide bonds. The summed E-state index contributed by atoms with van der Waals surface area (Å²) in [6.45, 7) is 0.691. The fourth-order valence-electron chi connectivity index (χ4n) is 2.87. The van der Waals surface area contributed by atoms with Gasteiger partial charge in [-0.2, -0.15) is 0 Å². The molecule has 1 fully saturated rings. The number of rotatable bonds is 6. The zero-order chi connectivity index (χ0) is 14.9. The fraction of sp³-hybridized carbons (Fsp3) is 0.588. The topological polar surface area (TPSA) is 50.4 Å². The van der Waals surface area contributed by atoms with Gasteiger partial charge in [-0.1, -0.05) is 37.5 Å². The third-order valence-electron chi connectivity index (χ3n) is 4.04. The van der Waals surface area contributed by atoms with Gasteiger partial charge in [0.2, 0.25) is 0 Å². The molecule has 0 radical (unpaired) electrons. The van der Waals surface area contributed by atoms with E-state index in [4.69, 9.17) is 4.74 Å². The van der Waals surface area contributed by atoms with Crippen LogP contribution in [0.5, 0.6) is 5.75 Å². The van der Waals surface area contributed by atoms with E-state index < -0.39 is 0 Å². The summed E-state index contributed by atoms with van der Waals surface area (Å²) in [5.74, 6) is 0.921. The Labute approximate surface area is 127 Å². The van der Waals surface area contributed by atoms with Crippen molar-refractivity contribution >= 4 is 6.03 Å². The van der Waals surface area contributed by atoms with Gasteiger partial charge in [0.05, 0.1) is 7.11 Å². The molecule has 0 aromatic heterocycles. The van der Waals surface area contributed by atoms with Crippen molar-refractivity contribution in [2.75, 3.05) is 13.7 Å². The minimum atomic E-state index is -0.0260. The number of benzene rings is 1. The van der Waals surface area contributed by atoms with Crippen LogP contribution in [0.4, 0.5) is 4.79 Å². The lowest BCUT2D eigenvalue weighted by atomic mass is 9.96. The van der Waals surface area contributed by atoms with Gasteiger partial charge in [0.15, 0.2) is 0 Å². The molecule has 0 aliphatic heterocycles. The summed E-state index contributed by atoms with van der Waals surface area (Å²) in [7, 11) is 1.69. The molecule has 1 aliphatic carbocycles. The molecule has 21 heavy (non-hydrogen) atoms. The molecule has 0 unspecified atom stereocenters. The van der Waals surface area contributed by atoms with Crippen molar-refractivity contribution in [3.05, 3.63) is 29.8 Å². The van der Waals surface area contributed by atoms with Crippen LogP contribution in [-0.4, -0.2) is 25.7 Å². The largest absolute Gasteiger partial charge is 0.496 e. The molecule has 2 rings (SSSR count). The number of ether oxygens (including phenoxy) is 1. The van der Waals surface area contributed by atoms with Gasteiger partial charge >= 0.3 is 6.03 Å². The smallest absolute Gasteiger partial charge is 0.315 e. The van der Waals surface area contributed by atoms with E-state index in [1.54, 1.807) is 7.11 Å². The first-order valence-electron chi connectivity index (χ1n) is 7.96. The summed E-state index contributed by atoms with van der Waals surface area (Å²) in [5.41, 5.74) is 1.19. The van der Waals surface area contributed by atoms with E-state index in [9.17, 15) is 4.79 Å². The standard InChI is InChI=1S/C17H26N2O2/c1-21-16-12-6-5-8-14(16)9-7-13-18-17(20)19-15-10-3-2-4-11-15/h5-6,8,12,15H,2-4,7,9-11,13H2,1H3,(H2,18,19,20). The fourth-order valence-corrected chi connectivity index (χ4v) is 2.87. The van der Waals surface area contributed by atoms with Gasteiger partial charge in [-0.3, -0.25) is 0 Å². The number of methoxy groups -OCH3 is 1. The number of hydrogen-bond acceptors (Lipinski definition) is 2. The Morgan fingerprint density at radius 3 is 2.76 bits per heavy atom. The summed E-state index contributed by atoms with van der Waals surface area (Å²) in [6, 6.07) is 8.37. The zero-order valence-corrected chi connectivity index (χ0v) is 12.9. The van der Waals surface area contributed by atoms with E-state index in [0.29, 0.717) is 12.6 Å². The van der Waals surface area contributed by atoms with Crippen LogP contribution in [0.3, 0.4) is 0 Å². The first kappa shape index (κ1) is 15.7. The maximum Gasteiger partial charge on any atom is 0.315 e. The Bertz CT molecular complexity index is 442. The van der Waals surface area contributed by atoms with E-state index in [1.807, 2.05) is 18.2 Å². The third kappa shape index (κ3) is 5.29. The van der Waals surface area contributed by atoms with Gasteiger partial charge in [0.1, 0.15) is 5.75 Å². The van der Waals surface area contributed by atoms with E-state index in [-0.39, 0.29) is 6.03 Å². The van der Waals surface area contributed by atoms with Crippen LogP contribution >= 0.6 is 0 Å². The van der Waals surface area contributed by atoms with Crippen molar-refractivity contribution in [2.45, 2.75) is 51.0 Å². The molecule has 0 bridgehead atoms. The number of amides is 2. The molecule has 0 atom stereocenters. The maximum absolute atomic E-state index is 11.8. The summed E-state index contributed by atoms with van der Waals surface area (Å²) in [4.78, 5) is 11.8. The molecule has 2 N–H and O–H groups in total. The minimum absolute atomic E-state index is 0.0260. The predicted molar refractivity (Wildman–Crippen MR) is 84.7 cm³/mol. The quantitative estimate of drug-likeness (QED) is 0.790. The average Bonchev–Trinajstić information content (AvgIpc) is 2.53. The molecule has 4 heteroatoms. The summed E-state index contributed by atoms with van der Waals surface area (Å²) in [6.07, 6.45) is 7.84. The van der Waals surface area contributed by atoms with Crippen LogP contribution in [-0.2, 0) is 6.42 Å². The minimum Gasteiger partial charge on any atom is -0.496 e. The Hall–Kier alpha value is -1.71. The van der Waals surface area contributed by atoms with E-state index in [1.165, 1.54) is 24.8 Å². The molecule has 4 nitrogen and oxygen atoms in total. The number of urea groups is 1. The van der Waals surface area contributed by atoms with Gasteiger partial charge in [0, 0.05) is 12.6 Å². The van der Waals surface area contributed by atoms with Crippen molar-refractivity contribution in [3.63, 3.8) is 0 Å². The molecule has 1 aromatic carbocycles. The highest BCUT2D eigenvalue weighted by molar-refractivity contribution is 5.74. The zero-order valence-electron chi connectivity index (χ0n) is 12.9. The highest BCUT2D eigenvalue weighted by atomic mass is 16.5. The average molecular weight is 290 g/mol. The van der Waals surface area contributed by atoms with Gasteiger partial charge < -0.3 is 15.4 Å². The molecular formula is C17H26N2O2. The van der Waals surface area contributed by atoms with E-state index >= 15 is 0 Å². The lowest BCUT2D eigenvalue weighted by Gasteiger charge is -2.22. The SMILES string of the molecule is COc1ccccc1CCCNC(=O)NC1CCCCC1. The van der Waals surface area contributed by atoms with Crippen molar-refractivity contribution in [3.8, 4) is 5.75 Å². The van der Waals surface area contributed by atoms with Crippen molar-refractivity contribution in [1.29, 1.82) is 0 Å². The Morgan fingerprint density at radius 2 is 2.00 bits per heavy atom. The third-order valence-corrected chi connectivity index (χ3v) is 4.04. The molecule has 0 heterocycles. The summed E-state index contributed by atoms with van der Waals surface area (Å²) >= 11 is 0. The van der Waals surface area contributed by atoms with Crippen LogP contribution in [0.25, 0.3) is 0 Å². The molecule has 1 aromatic rings. The number of hydrogen-bond donors (Lipinski definition) is 2. The van der Waals surface area contributed by atoms with Gasteiger partial charge in [-0.25, -0.2) is 4.79 Å². The molecule has 0 spiro atoms. The number of nitrogens with one attached hydrogen (secondary N) is 2. The molecule has 1 aliphatic rings. The van der Waals surface area contributed by atoms with E-state index in [2.05, 4.69) is 16.7 Å². The van der Waals surface area contributed by atoms with Crippen LogP contribution in [0.15, 0.2) is 24.3 Å². The summed E-state index contributed by atoms with van der Waals surface area (Å²) in [5, 5.41) is 6.01. The van der Waals surface area contributed by atoms with Crippen LogP contribution in [0.2, 0.25) is 0 Å². The predicted octanol–water partition coefficient (Wildman–Crippen LogP) is 3.26. The maximum atomic E-state index is 11.8. The lowest BCUT2D eigenvalue weighted by molar-refractivity contribution is 0.232.